The van der Waals surface area contributed by atoms with Crippen molar-refractivity contribution in [2.45, 2.75) is 32.5 Å². The first-order chi connectivity index (χ1) is 14.4. The monoisotopic (exact) mass is 406 g/mol. The molecule has 8 heteroatoms. The summed E-state index contributed by atoms with van der Waals surface area (Å²) in [5.41, 5.74) is 0.564. The fourth-order valence-electron chi connectivity index (χ4n) is 4.00. The van der Waals surface area contributed by atoms with E-state index in [1.54, 1.807) is 19.1 Å². The Morgan fingerprint density at radius 2 is 1.97 bits per heavy atom. The second-order valence-corrected chi connectivity index (χ2v) is 7.50. The van der Waals surface area contributed by atoms with Crippen molar-refractivity contribution >= 4 is 33.9 Å². The van der Waals surface area contributed by atoms with Crippen molar-refractivity contribution < 1.29 is 18.4 Å². The molecule has 1 fully saturated rings. The molecule has 1 N–H and O–H groups in total. The molecule has 0 bridgehead atoms. The van der Waals surface area contributed by atoms with Gasteiger partial charge in [0.25, 0.3) is 5.91 Å². The molecule has 2 aromatic carbocycles. The molecule has 1 atom stereocenters. The number of carbonyl (C=O) groups excluding carboxylic acids is 2. The van der Waals surface area contributed by atoms with Crippen molar-refractivity contribution in [3.8, 4) is 0 Å². The highest BCUT2D eigenvalue weighted by Crippen LogP contribution is 2.33. The summed E-state index contributed by atoms with van der Waals surface area (Å²) in [5, 5.41) is 3.61. The normalized spacial score (nSPS) is 19.2. The van der Waals surface area contributed by atoms with Crippen LogP contribution in [0, 0.1) is 5.82 Å². The van der Waals surface area contributed by atoms with Gasteiger partial charge in [-0.15, -0.1) is 0 Å². The molecule has 1 unspecified atom stereocenters. The summed E-state index contributed by atoms with van der Waals surface area (Å²) in [6, 6.07) is 13.0. The first kappa shape index (κ1) is 18.4. The molecule has 3 amide bonds. The van der Waals surface area contributed by atoms with Crippen LogP contribution < -0.4 is 5.32 Å². The SMILES string of the molecule is CCn1c(CN2C(=O)NC(C)(c3cc4ccccc4o3)C2=O)nc2cc(F)ccc21. The maximum Gasteiger partial charge on any atom is 0.325 e. The molecular formula is C22H19FN4O3. The minimum Gasteiger partial charge on any atom is -0.458 e. The van der Waals surface area contributed by atoms with E-state index in [1.807, 2.05) is 35.8 Å². The minimum absolute atomic E-state index is 0.0232. The van der Waals surface area contributed by atoms with Gasteiger partial charge in [-0.2, -0.15) is 0 Å². The molecule has 1 saturated heterocycles. The van der Waals surface area contributed by atoms with Crippen LogP contribution in [0.25, 0.3) is 22.0 Å². The Balaban J connectivity index is 1.51. The quantitative estimate of drug-likeness (QED) is 0.521. The predicted octanol–water partition coefficient (Wildman–Crippen LogP) is 3.91. The summed E-state index contributed by atoms with van der Waals surface area (Å²) in [5.74, 6) is 0.0702. The summed E-state index contributed by atoms with van der Waals surface area (Å²) < 4.78 is 21.3. The maximum atomic E-state index is 13.6. The molecule has 5 rings (SSSR count). The highest BCUT2D eigenvalue weighted by atomic mass is 19.1. The zero-order valence-corrected chi connectivity index (χ0v) is 16.5. The van der Waals surface area contributed by atoms with Crippen LogP contribution in [0.5, 0.6) is 0 Å². The van der Waals surface area contributed by atoms with Crippen LogP contribution in [0.1, 0.15) is 25.4 Å². The van der Waals surface area contributed by atoms with Crippen LogP contribution in [0.15, 0.2) is 52.9 Å². The van der Waals surface area contributed by atoms with Crippen molar-refractivity contribution in [2.24, 2.45) is 0 Å². The van der Waals surface area contributed by atoms with E-state index >= 15 is 0 Å². The molecule has 1 aliphatic rings. The number of halogens is 1. The third kappa shape index (κ3) is 2.60. The zero-order valence-electron chi connectivity index (χ0n) is 16.5. The molecule has 0 aliphatic carbocycles. The van der Waals surface area contributed by atoms with Gasteiger partial charge in [-0.3, -0.25) is 9.69 Å². The largest absolute Gasteiger partial charge is 0.458 e. The van der Waals surface area contributed by atoms with E-state index in [0.29, 0.717) is 29.2 Å². The van der Waals surface area contributed by atoms with Gasteiger partial charge in [-0.05, 0) is 38.1 Å². The first-order valence-corrected chi connectivity index (χ1v) is 9.68. The lowest BCUT2D eigenvalue weighted by Crippen LogP contribution is -2.40. The molecular weight excluding hydrogens is 387 g/mol. The summed E-state index contributed by atoms with van der Waals surface area (Å²) in [4.78, 5) is 31.6. The Morgan fingerprint density at radius 3 is 2.73 bits per heavy atom. The van der Waals surface area contributed by atoms with Crippen LogP contribution in [-0.2, 0) is 23.4 Å². The smallest absolute Gasteiger partial charge is 0.325 e. The lowest BCUT2D eigenvalue weighted by atomic mass is 9.99. The lowest BCUT2D eigenvalue weighted by molar-refractivity contribution is -0.132. The summed E-state index contributed by atoms with van der Waals surface area (Å²) in [7, 11) is 0. The fraction of sp³-hybridized carbons (Fsp3) is 0.227. The van der Waals surface area contributed by atoms with Gasteiger partial charge in [0.15, 0.2) is 5.54 Å². The minimum atomic E-state index is -1.31. The van der Waals surface area contributed by atoms with E-state index < -0.39 is 17.5 Å². The summed E-state index contributed by atoms with van der Waals surface area (Å²) >= 11 is 0. The topological polar surface area (TPSA) is 80.4 Å². The van der Waals surface area contributed by atoms with E-state index in [4.69, 9.17) is 4.42 Å². The van der Waals surface area contributed by atoms with Crippen molar-refractivity contribution in [2.75, 3.05) is 0 Å². The number of para-hydroxylation sites is 1. The molecule has 30 heavy (non-hydrogen) atoms. The molecule has 0 saturated carbocycles. The summed E-state index contributed by atoms with van der Waals surface area (Å²) in [6.45, 7) is 4.11. The first-order valence-electron chi connectivity index (χ1n) is 9.68. The number of aryl methyl sites for hydroxylation is 1. The fourth-order valence-corrected chi connectivity index (χ4v) is 4.00. The number of amides is 3. The Labute approximate surface area is 171 Å². The number of imidazole rings is 1. The molecule has 0 radical (unpaired) electrons. The van der Waals surface area contributed by atoms with Crippen LogP contribution in [0.3, 0.4) is 0 Å². The van der Waals surface area contributed by atoms with E-state index in [2.05, 4.69) is 10.3 Å². The Kier molecular flexibility index (Phi) is 3.92. The molecule has 1 aliphatic heterocycles. The molecule has 0 spiro atoms. The van der Waals surface area contributed by atoms with Gasteiger partial charge in [0.1, 0.15) is 23.0 Å². The van der Waals surface area contributed by atoms with E-state index in [-0.39, 0.29) is 12.4 Å². The Hall–Kier alpha value is -3.68. The van der Waals surface area contributed by atoms with E-state index in [9.17, 15) is 14.0 Å². The Bertz CT molecular complexity index is 1290. The second kappa shape index (κ2) is 6.41. The molecule has 7 nitrogen and oxygen atoms in total. The van der Waals surface area contributed by atoms with Gasteiger partial charge in [-0.25, -0.2) is 14.2 Å². The van der Waals surface area contributed by atoms with Crippen molar-refractivity contribution in [1.29, 1.82) is 0 Å². The molecule has 152 valence electrons. The number of imide groups is 1. The van der Waals surface area contributed by atoms with Crippen LogP contribution in [-0.4, -0.2) is 26.4 Å². The van der Waals surface area contributed by atoms with Gasteiger partial charge in [0.05, 0.1) is 17.6 Å². The van der Waals surface area contributed by atoms with Gasteiger partial charge in [0, 0.05) is 18.0 Å². The van der Waals surface area contributed by atoms with E-state index in [1.165, 1.54) is 12.1 Å². The molecule has 4 aromatic rings. The number of benzene rings is 2. The number of furan rings is 1. The second-order valence-electron chi connectivity index (χ2n) is 7.50. The number of rotatable bonds is 4. The molecule has 2 aromatic heterocycles. The number of fused-ring (bicyclic) bond motifs is 2. The third-order valence-corrected chi connectivity index (χ3v) is 5.60. The lowest BCUT2D eigenvalue weighted by Gasteiger charge is -2.19. The summed E-state index contributed by atoms with van der Waals surface area (Å²) in [6.07, 6.45) is 0. The van der Waals surface area contributed by atoms with Gasteiger partial charge in [-0.1, -0.05) is 18.2 Å². The van der Waals surface area contributed by atoms with E-state index in [0.717, 1.165) is 15.8 Å². The number of aromatic nitrogens is 2. The number of carbonyl (C=O) groups is 2. The van der Waals surface area contributed by atoms with Crippen LogP contribution in [0.4, 0.5) is 9.18 Å². The average molecular weight is 406 g/mol. The number of nitrogens with one attached hydrogen (secondary N) is 1. The number of hydrogen-bond acceptors (Lipinski definition) is 4. The average Bonchev–Trinajstić information content (AvgIpc) is 3.37. The van der Waals surface area contributed by atoms with Gasteiger partial charge < -0.3 is 14.3 Å². The maximum absolute atomic E-state index is 13.6. The number of nitrogens with zero attached hydrogens (tertiary/aromatic N) is 3. The van der Waals surface area contributed by atoms with Crippen molar-refractivity contribution in [3.05, 3.63) is 65.9 Å². The van der Waals surface area contributed by atoms with Crippen molar-refractivity contribution in [3.63, 3.8) is 0 Å². The third-order valence-electron chi connectivity index (χ3n) is 5.60. The predicted molar refractivity (Wildman–Crippen MR) is 108 cm³/mol. The van der Waals surface area contributed by atoms with Crippen LogP contribution >= 0.6 is 0 Å². The van der Waals surface area contributed by atoms with Gasteiger partial charge in [0.2, 0.25) is 0 Å². The van der Waals surface area contributed by atoms with Gasteiger partial charge >= 0.3 is 6.03 Å². The number of urea groups is 1. The highest BCUT2D eigenvalue weighted by molar-refractivity contribution is 6.07. The number of hydrogen-bond donors (Lipinski definition) is 1. The molecule has 3 heterocycles. The van der Waals surface area contributed by atoms with Crippen molar-refractivity contribution in [1.82, 2.24) is 19.8 Å². The van der Waals surface area contributed by atoms with Crippen LogP contribution in [0.2, 0.25) is 0 Å². The highest BCUT2D eigenvalue weighted by Gasteiger charge is 2.51. The standard InChI is InChI=1S/C22H19FN4O3/c1-3-26-16-9-8-14(23)11-15(16)24-19(26)12-27-20(28)22(2,25-21(27)29)18-10-13-6-4-5-7-17(13)30-18/h4-11H,3,12H2,1-2H3,(H,25,29). The zero-order chi connectivity index (χ0) is 21.0. The Morgan fingerprint density at radius 1 is 1.17 bits per heavy atom.